The van der Waals surface area contributed by atoms with E-state index >= 15 is 0 Å². The van der Waals surface area contributed by atoms with Gasteiger partial charge in [0.05, 0.1) is 25.9 Å². The minimum Gasteiger partial charge on any atom is -0.480 e. The number of aliphatic carboxylic acids is 1. The van der Waals surface area contributed by atoms with Gasteiger partial charge < -0.3 is 15.7 Å². The van der Waals surface area contributed by atoms with Gasteiger partial charge in [-0.1, -0.05) is 75.4 Å². The molecule has 1 saturated carbocycles. The molecule has 1 unspecified atom stereocenters. The normalized spacial score (nSPS) is 18.1. The van der Waals surface area contributed by atoms with Gasteiger partial charge >= 0.3 is 5.97 Å². The van der Waals surface area contributed by atoms with Crippen LogP contribution in [-0.2, 0) is 9.59 Å². The molecule has 2 atom stereocenters. The first kappa shape index (κ1) is 29.4. The Morgan fingerprint density at radius 3 is 2.23 bits per heavy atom. The van der Waals surface area contributed by atoms with Crippen LogP contribution < -0.4 is 10.6 Å². The van der Waals surface area contributed by atoms with Crippen LogP contribution in [0.1, 0.15) is 81.1 Å². The number of hydrogen-bond acceptors (Lipinski definition) is 6. The molecule has 1 aromatic heterocycles. The van der Waals surface area contributed by atoms with Gasteiger partial charge in [0, 0.05) is 34.9 Å². The molecule has 0 aliphatic heterocycles. The summed E-state index contributed by atoms with van der Waals surface area (Å²) in [5.41, 5.74) is 1.70. The van der Waals surface area contributed by atoms with Gasteiger partial charge in [-0.25, -0.2) is 4.79 Å². The van der Waals surface area contributed by atoms with Gasteiger partial charge in [0.15, 0.2) is 5.78 Å². The second-order valence-corrected chi connectivity index (χ2v) is 12.8. The van der Waals surface area contributed by atoms with Gasteiger partial charge in [-0.2, -0.15) is 0 Å². The number of benzene rings is 1. The molecular formula is C29H33Cl2N3O4S. The molecule has 1 aromatic carbocycles. The van der Waals surface area contributed by atoms with Crippen molar-refractivity contribution >= 4 is 58.3 Å². The van der Waals surface area contributed by atoms with E-state index in [4.69, 9.17) is 23.2 Å². The highest BCUT2D eigenvalue weighted by molar-refractivity contribution is 8.04. The van der Waals surface area contributed by atoms with E-state index in [-0.39, 0.29) is 32.6 Å². The number of nitrogens with zero attached hydrogens (tertiary/aromatic N) is 1. The molecule has 39 heavy (non-hydrogen) atoms. The summed E-state index contributed by atoms with van der Waals surface area (Å²) in [6, 6.07) is 6.18. The number of allylic oxidation sites excluding steroid dienone is 2. The van der Waals surface area contributed by atoms with E-state index in [1.165, 1.54) is 24.2 Å². The van der Waals surface area contributed by atoms with Gasteiger partial charge in [0.2, 0.25) is 0 Å². The summed E-state index contributed by atoms with van der Waals surface area (Å²) >= 11 is 13.7. The minimum atomic E-state index is -0.965. The molecule has 1 heterocycles. The predicted molar refractivity (Wildman–Crippen MR) is 157 cm³/mol. The smallest absolute Gasteiger partial charge is 0.326 e. The molecule has 0 radical (unpaired) electrons. The number of nitrogens with one attached hydrogen (secondary N) is 2. The highest BCUT2D eigenvalue weighted by atomic mass is 35.5. The van der Waals surface area contributed by atoms with Crippen LogP contribution in [-0.4, -0.2) is 39.0 Å². The number of thioether (sulfide) groups is 1. The maximum atomic E-state index is 13.3. The lowest BCUT2D eigenvalue weighted by Gasteiger charge is -2.48. The average Bonchev–Trinajstić information content (AvgIpc) is 2.90. The van der Waals surface area contributed by atoms with Crippen LogP contribution in [0.3, 0.4) is 0 Å². The number of rotatable bonds is 10. The largest absolute Gasteiger partial charge is 0.480 e. The fourth-order valence-corrected chi connectivity index (χ4v) is 7.25. The third-order valence-corrected chi connectivity index (χ3v) is 9.16. The lowest BCUT2D eigenvalue weighted by Crippen LogP contribution is -2.54. The Balaban J connectivity index is 1.57. The maximum absolute atomic E-state index is 13.3. The number of anilines is 1. The fraction of sp³-hybridized carbons (Fsp3) is 0.448. The van der Waals surface area contributed by atoms with Crippen LogP contribution in [0.5, 0.6) is 0 Å². The van der Waals surface area contributed by atoms with Gasteiger partial charge in [0.1, 0.15) is 6.04 Å². The van der Waals surface area contributed by atoms with Crippen molar-refractivity contribution in [1.82, 2.24) is 10.3 Å². The van der Waals surface area contributed by atoms with Crippen LogP contribution in [0.25, 0.3) is 0 Å². The SMILES string of the molecule is CCC(c1ccc(NC(=O)c2c(Cl)cncc2Cl)cc1)[C@H](NC1=C(SC(C)C)C(=O)C12CCCCC2)C(=O)O. The van der Waals surface area contributed by atoms with Crippen molar-refractivity contribution in [3.63, 3.8) is 0 Å². The molecule has 1 spiro atoms. The van der Waals surface area contributed by atoms with Crippen molar-refractivity contribution in [2.45, 2.75) is 76.5 Å². The summed E-state index contributed by atoms with van der Waals surface area (Å²) in [6.45, 7) is 6.02. The lowest BCUT2D eigenvalue weighted by atomic mass is 9.62. The van der Waals surface area contributed by atoms with Crippen LogP contribution >= 0.6 is 35.0 Å². The quantitative estimate of drug-likeness (QED) is 0.272. The first-order chi connectivity index (χ1) is 18.6. The number of carbonyl (C=O) groups is 3. The molecule has 2 aromatic rings. The van der Waals surface area contributed by atoms with Gasteiger partial charge in [0.25, 0.3) is 5.91 Å². The van der Waals surface area contributed by atoms with Crippen molar-refractivity contribution in [2.75, 3.05) is 5.32 Å². The Labute approximate surface area is 243 Å². The van der Waals surface area contributed by atoms with Gasteiger partial charge in [-0.3, -0.25) is 14.6 Å². The summed E-state index contributed by atoms with van der Waals surface area (Å²) < 4.78 is 0. The Morgan fingerprint density at radius 2 is 1.69 bits per heavy atom. The molecule has 10 heteroatoms. The molecule has 1 fully saturated rings. The van der Waals surface area contributed by atoms with Gasteiger partial charge in [-0.05, 0) is 37.0 Å². The van der Waals surface area contributed by atoms with E-state index in [0.29, 0.717) is 17.0 Å². The molecule has 0 bridgehead atoms. The van der Waals surface area contributed by atoms with E-state index < -0.39 is 23.3 Å². The zero-order valence-corrected chi connectivity index (χ0v) is 24.6. The minimum absolute atomic E-state index is 0.133. The molecule has 2 aliphatic rings. The third kappa shape index (κ3) is 5.98. The highest BCUT2D eigenvalue weighted by Crippen LogP contribution is 2.55. The molecule has 7 nitrogen and oxygen atoms in total. The monoisotopic (exact) mass is 589 g/mol. The molecular weight excluding hydrogens is 557 g/mol. The van der Waals surface area contributed by atoms with Crippen molar-refractivity contribution in [2.24, 2.45) is 5.41 Å². The second kappa shape index (κ2) is 12.3. The predicted octanol–water partition coefficient (Wildman–Crippen LogP) is 7.06. The topological polar surface area (TPSA) is 108 Å². The van der Waals surface area contributed by atoms with Crippen molar-refractivity contribution in [3.05, 3.63) is 68.4 Å². The number of hydrogen-bond donors (Lipinski definition) is 3. The Morgan fingerprint density at radius 1 is 1.08 bits per heavy atom. The number of carbonyl (C=O) groups excluding carboxylic acids is 2. The molecule has 208 valence electrons. The maximum Gasteiger partial charge on any atom is 0.326 e. The number of aromatic nitrogens is 1. The zero-order valence-electron chi connectivity index (χ0n) is 22.2. The Bertz CT molecular complexity index is 1270. The number of Topliss-reactive ketones (excluding diaryl/α,β-unsaturated/α-hetero) is 1. The second-order valence-electron chi connectivity index (χ2n) is 10.4. The molecule has 0 saturated heterocycles. The Kier molecular flexibility index (Phi) is 9.29. The lowest BCUT2D eigenvalue weighted by molar-refractivity contribution is -0.140. The van der Waals surface area contributed by atoms with Crippen LogP contribution in [0.2, 0.25) is 10.0 Å². The molecule has 2 aliphatic carbocycles. The summed E-state index contributed by atoms with van der Waals surface area (Å²) in [6.07, 6.45) is 7.83. The Hall–Kier alpha value is -2.55. The number of halogens is 2. The van der Waals surface area contributed by atoms with Crippen LogP contribution in [0, 0.1) is 5.41 Å². The third-order valence-electron chi connectivity index (χ3n) is 7.49. The molecule has 1 amide bonds. The first-order valence-electron chi connectivity index (χ1n) is 13.2. The fourth-order valence-electron chi connectivity index (χ4n) is 5.57. The number of carboxylic acid groups (broad SMARTS) is 1. The van der Waals surface area contributed by atoms with E-state index in [1.54, 1.807) is 12.1 Å². The van der Waals surface area contributed by atoms with E-state index in [1.807, 2.05) is 32.9 Å². The first-order valence-corrected chi connectivity index (χ1v) is 14.9. The summed E-state index contributed by atoms with van der Waals surface area (Å²) in [5, 5.41) is 17.0. The van der Waals surface area contributed by atoms with Crippen molar-refractivity contribution < 1.29 is 19.5 Å². The molecule has 4 rings (SSSR count). The summed E-state index contributed by atoms with van der Waals surface area (Å²) in [7, 11) is 0. The van der Waals surface area contributed by atoms with Crippen LogP contribution in [0.4, 0.5) is 5.69 Å². The highest BCUT2D eigenvalue weighted by Gasteiger charge is 2.55. The van der Waals surface area contributed by atoms with Crippen LogP contribution in [0.15, 0.2) is 47.3 Å². The van der Waals surface area contributed by atoms with Gasteiger partial charge in [-0.15, -0.1) is 11.8 Å². The number of carboxylic acids is 1. The standard InChI is InChI=1S/C29H33Cl2N3O4S/c1-4-19(17-8-10-18(11-9-17)33-27(36)22-20(30)14-32-15-21(22)31)23(28(37)38)34-25-24(39-16(2)3)26(35)29(25)12-6-5-7-13-29/h8-11,14-16,19,23,34H,4-7,12-13H2,1-3H3,(H,33,36)(H,37,38)/t19?,23-/m0/s1. The number of ketones is 1. The van der Waals surface area contributed by atoms with E-state index in [0.717, 1.165) is 43.4 Å². The average molecular weight is 591 g/mol. The van der Waals surface area contributed by atoms with Crippen molar-refractivity contribution in [3.8, 4) is 0 Å². The molecule has 3 N–H and O–H groups in total. The summed E-state index contributed by atoms with van der Waals surface area (Å²) in [4.78, 5) is 43.2. The van der Waals surface area contributed by atoms with E-state index in [2.05, 4.69) is 15.6 Å². The summed E-state index contributed by atoms with van der Waals surface area (Å²) in [5.74, 6) is -1.62. The van der Waals surface area contributed by atoms with E-state index in [9.17, 15) is 19.5 Å². The number of pyridine rings is 1. The number of amides is 1. The zero-order chi connectivity index (χ0) is 28.3. The van der Waals surface area contributed by atoms with Crippen molar-refractivity contribution in [1.29, 1.82) is 0 Å².